The van der Waals surface area contributed by atoms with Crippen molar-refractivity contribution in [2.75, 3.05) is 0 Å². The third kappa shape index (κ3) is 5.14. The van der Waals surface area contributed by atoms with Crippen molar-refractivity contribution < 1.29 is 0 Å². The van der Waals surface area contributed by atoms with Crippen molar-refractivity contribution in [1.82, 2.24) is 24.9 Å². The first-order valence-corrected chi connectivity index (χ1v) is 7.73. The molecule has 0 fully saturated rings. The van der Waals surface area contributed by atoms with Gasteiger partial charge in [-0.25, -0.2) is 0 Å². The van der Waals surface area contributed by atoms with E-state index in [1.165, 1.54) is 5.56 Å². The van der Waals surface area contributed by atoms with E-state index in [0.717, 1.165) is 31.0 Å². The van der Waals surface area contributed by atoms with Crippen LogP contribution in [-0.2, 0) is 19.6 Å². The van der Waals surface area contributed by atoms with Crippen LogP contribution in [0.5, 0.6) is 0 Å². The van der Waals surface area contributed by atoms with E-state index in [1.807, 2.05) is 9.36 Å². The Labute approximate surface area is 139 Å². The van der Waals surface area contributed by atoms with Crippen LogP contribution >= 0.6 is 12.4 Å². The molecule has 0 atom stereocenters. The van der Waals surface area contributed by atoms with Crippen LogP contribution < -0.4 is 5.32 Å². The molecule has 0 unspecified atom stereocenters. The van der Waals surface area contributed by atoms with Gasteiger partial charge in [-0.3, -0.25) is 9.36 Å². The molecule has 0 aliphatic carbocycles. The van der Waals surface area contributed by atoms with Crippen LogP contribution in [-0.4, -0.2) is 19.6 Å². The Balaban J connectivity index is 0.00000242. The lowest BCUT2D eigenvalue weighted by Crippen LogP contribution is -2.14. The Kier molecular flexibility index (Phi) is 7.10. The molecule has 2 aromatic rings. The second-order valence-electron chi connectivity index (χ2n) is 6.34. The molecule has 2 rings (SSSR count). The molecular formula is C16H28ClN5. The fourth-order valence-corrected chi connectivity index (χ4v) is 2.26. The maximum atomic E-state index is 4.57. The lowest BCUT2D eigenvalue weighted by molar-refractivity contribution is 0.477. The molecule has 0 aliphatic heterocycles. The van der Waals surface area contributed by atoms with Crippen molar-refractivity contribution in [3.05, 3.63) is 35.4 Å². The Morgan fingerprint density at radius 1 is 1.14 bits per heavy atom. The van der Waals surface area contributed by atoms with E-state index in [1.54, 1.807) is 0 Å². The van der Waals surface area contributed by atoms with Gasteiger partial charge in [0.25, 0.3) is 0 Å². The largest absolute Gasteiger partial charge is 0.307 e. The minimum atomic E-state index is 0. The zero-order valence-electron chi connectivity index (χ0n) is 14.2. The van der Waals surface area contributed by atoms with Crippen molar-refractivity contribution in [3.8, 4) is 0 Å². The lowest BCUT2D eigenvalue weighted by Gasteiger charge is -2.05. The molecule has 0 aliphatic rings. The highest BCUT2D eigenvalue weighted by molar-refractivity contribution is 5.85. The highest BCUT2D eigenvalue weighted by Gasteiger charge is 2.07. The van der Waals surface area contributed by atoms with E-state index in [4.69, 9.17) is 0 Å². The molecule has 1 N–H and O–H groups in total. The average Bonchev–Trinajstić information content (AvgIpc) is 2.97. The van der Waals surface area contributed by atoms with E-state index in [9.17, 15) is 0 Å². The van der Waals surface area contributed by atoms with Gasteiger partial charge in [0, 0.05) is 43.6 Å². The molecule has 6 heteroatoms. The summed E-state index contributed by atoms with van der Waals surface area (Å²) >= 11 is 0. The second kappa shape index (κ2) is 8.34. The zero-order valence-corrected chi connectivity index (χ0v) is 15.0. The minimum absolute atomic E-state index is 0. The lowest BCUT2D eigenvalue weighted by atomic mass is 10.2. The number of halogens is 1. The monoisotopic (exact) mass is 325 g/mol. The van der Waals surface area contributed by atoms with Gasteiger partial charge in [0.2, 0.25) is 0 Å². The van der Waals surface area contributed by atoms with E-state index >= 15 is 0 Å². The number of rotatable bonds is 7. The van der Waals surface area contributed by atoms with E-state index in [0.29, 0.717) is 12.0 Å². The molecule has 0 saturated heterocycles. The van der Waals surface area contributed by atoms with Crippen molar-refractivity contribution >= 4 is 12.4 Å². The Morgan fingerprint density at radius 2 is 1.86 bits per heavy atom. The van der Waals surface area contributed by atoms with Crippen LogP contribution in [0.2, 0.25) is 0 Å². The Hall–Kier alpha value is -1.33. The maximum Gasteiger partial charge on any atom is 0.0762 e. The first-order chi connectivity index (χ1) is 9.95. The van der Waals surface area contributed by atoms with Crippen LogP contribution in [0.4, 0.5) is 0 Å². The topological polar surface area (TPSA) is 47.7 Å². The van der Waals surface area contributed by atoms with Crippen LogP contribution in [0.15, 0.2) is 18.5 Å². The molecule has 5 nitrogen and oxygen atoms in total. The molecule has 2 aromatic heterocycles. The van der Waals surface area contributed by atoms with Crippen molar-refractivity contribution in [2.45, 2.75) is 60.3 Å². The van der Waals surface area contributed by atoms with Crippen molar-refractivity contribution in [3.63, 3.8) is 0 Å². The van der Waals surface area contributed by atoms with Gasteiger partial charge in [0.1, 0.15) is 0 Å². The molecule has 0 radical (unpaired) electrons. The van der Waals surface area contributed by atoms with Gasteiger partial charge in [-0.2, -0.15) is 10.2 Å². The minimum Gasteiger partial charge on any atom is -0.307 e. The average molecular weight is 326 g/mol. The number of aryl methyl sites for hydroxylation is 1. The zero-order chi connectivity index (χ0) is 15.4. The second-order valence-corrected chi connectivity index (χ2v) is 6.34. The molecule has 22 heavy (non-hydrogen) atoms. The summed E-state index contributed by atoms with van der Waals surface area (Å²) in [5, 5.41) is 12.5. The normalized spacial score (nSPS) is 11.2. The number of aromatic nitrogens is 4. The van der Waals surface area contributed by atoms with E-state index in [-0.39, 0.29) is 12.4 Å². The molecule has 0 spiro atoms. The number of nitrogens with one attached hydrogen (secondary N) is 1. The summed E-state index contributed by atoms with van der Waals surface area (Å²) in [5.74, 6) is 0.621. The number of hydrogen-bond acceptors (Lipinski definition) is 3. The summed E-state index contributed by atoms with van der Waals surface area (Å²) in [4.78, 5) is 0. The van der Waals surface area contributed by atoms with E-state index in [2.05, 4.69) is 68.6 Å². The summed E-state index contributed by atoms with van der Waals surface area (Å²) < 4.78 is 4.04. The molecule has 0 aromatic carbocycles. The first-order valence-electron chi connectivity index (χ1n) is 7.73. The maximum absolute atomic E-state index is 4.57. The Bertz CT molecular complexity index is 571. The third-order valence-corrected chi connectivity index (χ3v) is 3.42. The summed E-state index contributed by atoms with van der Waals surface area (Å²) in [7, 11) is 0. The van der Waals surface area contributed by atoms with Crippen LogP contribution in [0, 0.1) is 12.8 Å². The standard InChI is InChI=1S/C16H27N5.ClH/c1-12(2)10-20-7-6-16(19-20)9-17-8-15-11-21(13(3)4)18-14(15)5;/h6-7,11-13,17H,8-10H2,1-5H3;1H. The van der Waals surface area contributed by atoms with E-state index < -0.39 is 0 Å². The van der Waals surface area contributed by atoms with Gasteiger partial charge in [-0.05, 0) is 32.8 Å². The summed E-state index contributed by atoms with van der Waals surface area (Å²) in [6.45, 7) is 13.3. The smallest absolute Gasteiger partial charge is 0.0762 e. The highest BCUT2D eigenvalue weighted by atomic mass is 35.5. The van der Waals surface area contributed by atoms with Crippen molar-refractivity contribution in [2.24, 2.45) is 5.92 Å². The third-order valence-electron chi connectivity index (χ3n) is 3.42. The van der Waals surface area contributed by atoms with Gasteiger partial charge in [0.05, 0.1) is 11.4 Å². The summed E-state index contributed by atoms with van der Waals surface area (Å²) in [5.41, 5.74) is 3.44. The predicted molar refractivity (Wildman–Crippen MR) is 92.2 cm³/mol. The quantitative estimate of drug-likeness (QED) is 0.849. The van der Waals surface area contributed by atoms with Crippen LogP contribution in [0.1, 0.15) is 50.7 Å². The molecule has 124 valence electrons. The predicted octanol–water partition coefficient (Wildman–Crippen LogP) is 3.34. The summed E-state index contributed by atoms with van der Waals surface area (Å²) in [6, 6.07) is 2.49. The molecule has 0 bridgehead atoms. The fourth-order valence-electron chi connectivity index (χ4n) is 2.26. The van der Waals surface area contributed by atoms with Crippen molar-refractivity contribution in [1.29, 1.82) is 0 Å². The SMILES string of the molecule is Cc1nn(C(C)C)cc1CNCc1ccn(CC(C)C)n1.Cl. The first kappa shape index (κ1) is 18.7. The molecule has 0 saturated carbocycles. The van der Waals surface area contributed by atoms with Gasteiger partial charge < -0.3 is 5.32 Å². The number of nitrogens with zero attached hydrogens (tertiary/aromatic N) is 4. The molecule has 2 heterocycles. The van der Waals surface area contributed by atoms with Gasteiger partial charge >= 0.3 is 0 Å². The van der Waals surface area contributed by atoms with Crippen LogP contribution in [0.25, 0.3) is 0 Å². The van der Waals surface area contributed by atoms with Gasteiger partial charge in [0.15, 0.2) is 0 Å². The van der Waals surface area contributed by atoms with Gasteiger partial charge in [-0.1, -0.05) is 13.8 Å². The highest BCUT2D eigenvalue weighted by Crippen LogP contribution is 2.10. The Morgan fingerprint density at radius 3 is 2.45 bits per heavy atom. The van der Waals surface area contributed by atoms with Gasteiger partial charge in [-0.15, -0.1) is 12.4 Å². The molecule has 0 amide bonds. The number of hydrogen-bond donors (Lipinski definition) is 1. The fraction of sp³-hybridized carbons (Fsp3) is 0.625. The summed E-state index contributed by atoms with van der Waals surface area (Å²) in [6.07, 6.45) is 4.18. The van der Waals surface area contributed by atoms with Crippen LogP contribution in [0.3, 0.4) is 0 Å². The molecular weight excluding hydrogens is 298 g/mol.